The quantitative estimate of drug-likeness (QED) is 0.398. The fraction of sp³-hybridized carbons (Fsp3) is 0.818. The van der Waals surface area contributed by atoms with E-state index in [0.29, 0.717) is 5.84 Å². The number of nitrogens with zero attached hydrogens (tertiary/aromatic N) is 3. The third-order valence-electron chi connectivity index (χ3n) is 3.56. The minimum Gasteiger partial charge on any atom is -0.269 e. The van der Waals surface area contributed by atoms with Crippen LogP contribution in [-0.2, 0) is 10.3 Å². The van der Waals surface area contributed by atoms with Crippen molar-refractivity contribution in [2.24, 2.45) is 27.2 Å². The van der Waals surface area contributed by atoms with Gasteiger partial charge in [0, 0.05) is 11.3 Å². The van der Waals surface area contributed by atoms with E-state index in [2.05, 4.69) is 15.4 Å². The first kappa shape index (κ1) is 15.4. The van der Waals surface area contributed by atoms with Gasteiger partial charge in [0.15, 0.2) is 0 Å². The first-order valence-electron chi connectivity index (χ1n) is 6.43. The number of amidine groups is 2. The van der Waals surface area contributed by atoms with E-state index in [1.54, 1.807) is 20.8 Å². The number of rotatable bonds is 3. The zero-order chi connectivity index (χ0) is 15.3. The predicted octanol–water partition coefficient (Wildman–Crippen LogP) is 0.495. The van der Waals surface area contributed by atoms with Gasteiger partial charge in [0.2, 0.25) is 5.79 Å². The van der Waals surface area contributed by atoms with Crippen molar-refractivity contribution in [1.29, 1.82) is 0 Å². The molecule has 20 heavy (non-hydrogen) atoms. The molecular formula is C11H21N5O3S. The Kier molecular flexibility index (Phi) is 3.44. The fourth-order valence-corrected chi connectivity index (χ4v) is 3.40. The Morgan fingerprint density at radius 3 is 2.35 bits per heavy atom. The summed E-state index contributed by atoms with van der Waals surface area (Å²) in [4.78, 5) is 8.65. The van der Waals surface area contributed by atoms with Gasteiger partial charge in [-0.05, 0) is 19.8 Å². The maximum Gasteiger partial charge on any atom is 0.364 e. The van der Waals surface area contributed by atoms with Gasteiger partial charge in [-0.2, -0.15) is 12.7 Å². The lowest BCUT2D eigenvalue weighted by molar-refractivity contribution is 0.0581. The molecule has 4 N–H and O–H groups in total. The molecule has 1 unspecified atom stereocenters. The van der Waals surface area contributed by atoms with E-state index >= 15 is 0 Å². The lowest BCUT2D eigenvalue weighted by Gasteiger charge is -2.48. The molecule has 0 spiro atoms. The van der Waals surface area contributed by atoms with Crippen LogP contribution < -0.4 is 11.3 Å². The predicted molar refractivity (Wildman–Crippen MR) is 76.2 cm³/mol. The van der Waals surface area contributed by atoms with Crippen LogP contribution in [0.1, 0.15) is 40.5 Å². The van der Waals surface area contributed by atoms with Crippen LogP contribution in [0.25, 0.3) is 0 Å². The molecular weight excluding hydrogens is 282 g/mol. The van der Waals surface area contributed by atoms with Crippen molar-refractivity contribution >= 4 is 22.0 Å². The molecule has 1 heterocycles. The largest absolute Gasteiger partial charge is 0.364 e. The van der Waals surface area contributed by atoms with Gasteiger partial charge in [-0.25, -0.2) is 15.4 Å². The summed E-state index contributed by atoms with van der Waals surface area (Å²) in [5, 5.41) is 0. The first-order chi connectivity index (χ1) is 9.03. The summed E-state index contributed by atoms with van der Waals surface area (Å²) in [7, 11) is -4.55. The van der Waals surface area contributed by atoms with Crippen LogP contribution in [0.4, 0.5) is 0 Å². The Labute approximate surface area is 119 Å². The Morgan fingerprint density at radius 2 is 2.00 bits per heavy atom. The molecule has 0 aromatic carbocycles. The molecule has 1 fully saturated rings. The normalized spacial score (nSPS) is 28.2. The van der Waals surface area contributed by atoms with Crippen LogP contribution in [0, 0.1) is 11.3 Å². The number of nitrogens with two attached hydrogens (primary N) is 1. The molecule has 0 amide bonds. The molecule has 1 aliphatic heterocycles. The van der Waals surface area contributed by atoms with Crippen molar-refractivity contribution in [1.82, 2.24) is 9.73 Å². The standard InChI is InChI=1S/C11H21N5O3S/c1-7-13-9(8-5-6-8)14-11(15-12,10(2,3)4)16(7)20(17,18)19/h8,15H,5-6,12H2,1-4H3,(H,17,18,19). The Balaban J connectivity index is 2.65. The molecule has 0 aromatic rings. The van der Waals surface area contributed by atoms with E-state index in [1.807, 2.05) is 0 Å². The second-order valence-corrected chi connectivity index (χ2v) is 7.47. The lowest BCUT2D eigenvalue weighted by atomic mass is 9.86. The second-order valence-electron chi connectivity index (χ2n) is 6.21. The van der Waals surface area contributed by atoms with Gasteiger partial charge in [-0.1, -0.05) is 20.8 Å². The highest BCUT2D eigenvalue weighted by molar-refractivity contribution is 7.84. The van der Waals surface area contributed by atoms with Crippen molar-refractivity contribution in [2.75, 3.05) is 0 Å². The number of hydrazine groups is 1. The van der Waals surface area contributed by atoms with Gasteiger partial charge in [0.1, 0.15) is 11.7 Å². The zero-order valence-corrected chi connectivity index (χ0v) is 12.9. The van der Waals surface area contributed by atoms with Crippen LogP contribution in [0.3, 0.4) is 0 Å². The van der Waals surface area contributed by atoms with E-state index in [-0.39, 0.29) is 11.8 Å². The van der Waals surface area contributed by atoms with Crippen molar-refractivity contribution in [2.45, 2.75) is 46.3 Å². The molecule has 0 saturated heterocycles. The van der Waals surface area contributed by atoms with Crippen LogP contribution in [0.15, 0.2) is 9.98 Å². The zero-order valence-electron chi connectivity index (χ0n) is 12.1. The van der Waals surface area contributed by atoms with Gasteiger partial charge in [0.25, 0.3) is 0 Å². The summed E-state index contributed by atoms with van der Waals surface area (Å²) >= 11 is 0. The van der Waals surface area contributed by atoms with Gasteiger partial charge in [0.05, 0.1) is 0 Å². The SMILES string of the molecule is CC1=NC(C2CC2)=NC(NN)(C(C)(C)C)N1S(=O)(=O)O. The molecule has 2 rings (SSSR count). The van der Waals surface area contributed by atoms with Crippen molar-refractivity contribution in [3.8, 4) is 0 Å². The molecule has 0 aromatic heterocycles. The third-order valence-corrected chi connectivity index (χ3v) is 4.55. The van der Waals surface area contributed by atoms with Crippen LogP contribution >= 0.6 is 0 Å². The topological polar surface area (TPSA) is 120 Å². The summed E-state index contributed by atoms with van der Waals surface area (Å²) in [6.45, 7) is 6.88. The maximum absolute atomic E-state index is 11.7. The highest BCUT2D eigenvalue weighted by Crippen LogP contribution is 2.41. The van der Waals surface area contributed by atoms with E-state index in [4.69, 9.17) is 5.84 Å². The van der Waals surface area contributed by atoms with Crippen LogP contribution in [-0.4, -0.2) is 34.7 Å². The minimum atomic E-state index is -4.55. The molecule has 0 bridgehead atoms. The second kappa shape index (κ2) is 4.48. The van der Waals surface area contributed by atoms with Crippen molar-refractivity contribution in [3.63, 3.8) is 0 Å². The fourth-order valence-electron chi connectivity index (χ4n) is 2.32. The third kappa shape index (κ3) is 2.34. The number of hydrogen-bond acceptors (Lipinski definition) is 6. The molecule has 1 aliphatic carbocycles. The van der Waals surface area contributed by atoms with Gasteiger partial charge < -0.3 is 0 Å². The lowest BCUT2D eigenvalue weighted by Crippen LogP contribution is -2.70. The van der Waals surface area contributed by atoms with E-state index in [9.17, 15) is 13.0 Å². The highest BCUT2D eigenvalue weighted by atomic mass is 32.2. The number of nitrogens with one attached hydrogen (secondary N) is 1. The molecule has 114 valence electrons. The molecule has 0 radical (unpaired) electrons. The minimum absolute atomic E-state index is 0.150. The highest BCUT2D eigenvalue weighted by Gasteiger charge is 2.54. The van der Waals surface area contributed by atoms with Crippen LogP contribution in [0.5, 0.6) is 0 Å². The number of aliphatic imine (C=N–C) groups is 2. The molecule has 1 atom stereocenters. The van der Waals surface area contributed by atoms with E-state index in [0.717, 1.165) is 17.1 Å². The van der Waals surface area contributed by atoms with Crippen LogP contribution in [0.2, 0.25) is 0 Å². The van der Waals surface area contributed by atoms with Gasteiger partial charge in [-0.3, -0.25) is 10.4 Å². The van der Waals surface area contributed by atoms with E-state index < -0.39 is 21.5 Å². The average molecular weight is 303 g/mol. The molecule has 9 heteroatoms. The maximum atomic E-state index is 11.7. The summed E-state index contributed by atoms with van der Waals surface area (Å²) in [6, 6.07) is 0. The van der Waals surface area contributed by atoms with Gasteiger partial charge >= 0.3 is 10.3 Å². The average Bonchev–Trinajstić information content (AvgIpc) is 3.07. The van der Waals surface area contributed by atoms with E-state index in [1.165, 1.54) is 6.92 Å². The summed E-state index contributed by atoms with van der Waals surface area (Å²) < 4.78 is 33.8. The van der Waals surface area contributed by atoms with Gasteiger partial charge in [-0.15, -0.1) is 0 Å². The molecule has 2 aliphatic rings. The summed E-state index contributed by atoms with van der Waals surface area (Å²) in [6.07, 6.45) is 1.96. The Hall–Kier alpha value is -1.03. The molecule has 1 saturated carbocycles. The Morgan fingerprint density at radius 1 is 1.45 bits per heavy atom. The van der Waals surface area contributed by atoms with Crippen molar-refractivity contribution < 1.29 is 13.0 Å². The molecule has 8 nitrogen and oxygen atoms in total. The summed E-state index contributed by atoms with van der Waals surface area (Å²) in [5.74, 6) is 5.10. The monoisotopic (exact) mass is 303 g/mol. The van der Waals surface area contributed by atoms with Crippen molar-refractivity contribution in [3.05, 3.63) is 0 Å². The summed E-state index contributed by atoms with van der Waals surface area (Å²) in [5.41, 5.74) is 1.78. The first-order valence-corrected chi connectivity index (χ1v) is 7.83. The number of hydrogen-bond donors (Lipinski definition) is 3. The smallest absolute Gasteiger partial charge is 0.269 e. The Bertz CT molecular complexity index is 573.